The van der Waals surface area contributed by atoms with Crippen LogP contribution in [0.1, 0.15) is 31.4 Å². The van der Waals surface area contributed by atoms with Gasteiger partial charge in [-0.05, 0) is 25.0 Å². The van der Waals surface area contributed by atoms with Crippen LogP contribution in [0, 0.1) is 0 Å². The highest BCUT2D eigenvalue weighted by molar-refractivity contribution is 6.31. The molecule has 0 bridgehead atoms. The highest BCUT2D eigenvalue weighted by Gasteiger charge is 2.24. The number of aromatic nitrogens is 1. The number of nitrogens with zero attached hydrogens (tertiary/aromatic N) is 2. The van der Waals surface area contributed by atoms with Gasteiger partial charge in [0.1, 0.15) is 5.82 Å². The van der Waals surface area contributed by atoms with Crippen LogP contribution in [-0.2, 0) is 11.3 Å². The molecule has 1 aromatic rings. The van der Waals surface area contributed by atoms with Gasteiger partial charge in [0.05, 0.1) is 17.3 Å². The first-order chi connectivity index (χ1) is 9.60. The van der Waals surface area contributed by atoms with Crippen molar-refractivity contribution in [3.63, 3.8) is 0 Å². The highest BCUT2D eigenvalue weighted by atomic mass is 35.5. The lowest BCUT2D eigenvalue weighted by atomic mass is 10.2. The number of amides is 1. The molecule has 1 amide bonds. The molecule has 2 rings (SSSR count). The Morgan fingerprint density at radius 2 is 2.20 bits per heavy atom. The molecule has 0 saturated heterocycles. The van der Waals surface area contributed by atoms with Crippen LogP contribution in [0.25, 0.3) is 0 Å². The minimum absolute atomic E-state index is 0.256. The van der Waals surface area contributed by atoms with E-state index in [1.54, 1.807) is 0 Å². The monoisotopic (exact) mass is 296 g/mol. The summed E-state index contributed by atoms with van der Waals surface area (Å²) in [4.78, 5) is 17.9. The zero-order chi connectivity index (χ0) is 14.5. The van der Waals surface area contributed by atoms with Crippen molar-refractivity contribution in [2.45, 2.75) is 38.3 Å². The summed E-state index contributed by atoms with van der Waals surface area (Å²) in [5.41, 5.74) is 6.15. The number of hydrogen-bond donors (Lipinski definition) is 2. The number of carbonyl (C=O) groups is 1. The fourth-order valence-electron chi connectivity index (χ4n) is 2.71. The molecular weight excluding hydrogens is 276 g/mol. The van der Waals surface area contributed by atoms with E-state index < -0.39 is 0 Å². The molecule has 5 nitrogen and oxygen atoms in total. The number of carbonyl (C=O) groups excluding carboxylic acids is 1. The molecule has 20 heavy (non-hydrogen) atoms. The maximum absolute atomic E-state index is 11.3. The molecule has 0 unspecified atom stereocenters. The summed E-state index contributed by atoms with van der Waals surface area (Å²) < 4.78 is 0. The molecule has 0 atom stereocenters. The topological polar surface area (TPSA) is 71.2 Å². The van der Waals surface area contributed by atoms with Crippen molar-refractivity contribution in [2.75, 3.05) is 18.9 Å². The molecule has 1 heterocycles. The van der Waals surface area contributed by atoms with Crippen LogP contribution in [0.5, 0.6) is 0 Å². The zero-order valence-corrected chi connectivity index (χ0v) is 12.5. The second-order valence-corrected chi connectivity index (χ2v) is 5.59. The van der Waals surface area contributed by atoms with Crippen molar-refractivity contribution in [2.24, 2.45) is 5.73 Å². The first kappa shape index (κ1) is 15.1. The minimum atomic E-state index is -0.308. The van der Waals surface area contributed by atoms with Crippen molar-refractivity contribution < 1.29 is 4.79 Å². The SMILES string of the molecule is CNc1ccc(Cl)c(CN(CC(N)=O)C2CCCC2)n1. The number of hydrogen-bond acceptors (Lipinski definition) is 4. The van der Waals surface area contributed by atoms with E-state index in [9.17, 15) is 4.79 Å². The van der Waals surface area contributed by atoms with E-state index >= 15 is 0 Å². The quantitative estimate of drug-likeness (QED) is 0.842. The Kier molecular flexibility index (Phi) is 5.20. The van der Waals surface area contributed by atoms with E-state index in [4.69, 9.17) is 17.3 Å². The average molecular weight is 297 g/mol. The highest BCUT2D eigenvalue weighted by Crippen LogP contribution is 2.26. The Bertz CT molecular complexity index is 474. The van der Waals surface area contributed by atoms with Gasteiger partial charge in [-0.25, -0.2) is 4.98 Å². The maximum atomic E-state index is 11.3. The fraction of sp³-hybridized carbons (Fsp3) is 0.571. The maximum Gasteiger partial charge on any atom is 0.231 e. The first-order valence-electron chi connectivity index (χ1n) is 6.95. The van der Waals surface area contributed by atoms with Crippen LogP contribution in [0.3, 0.4) is 0 Å². The molecule has 0 aromatic carbocycles. The number of nitrogens with one attached hydrogen (secondary N) is 1. The molecule has 0 aliphatic heterocycles. The predicted molar refractivity (Wildman–Crippen MR) is 80.7 cm³/mol. The van der Waals surface area contributed by atoms with Crippen LogP contribution < -0.4 is 11.1 Å². The van der Waals surface area contributed by atoms with Gasteiger partial charge in [-0.3, -0.25) is 9.69 Å². The van der Waals surface area contributed by atoms with E-state index in [0.29, 0.717) is 17.6 Å². The lowest BCUT2D eigenvalue weighted by Gasteiger charge is -2.27. The minimum Gasteiger partial charge on any atom is -0.373 e. The average Bonchev–Trinajstić information content (AvgIpc) is 2.94. The summed E-state index contributed by atoms with van der Waals surface area (Å²) in [6.45, 7) is 0.814. The zero-order valence-electron chi connectivity index (χ0n) is 11.7. The Morgan fingerprint density at radius 3 is 2.80 bits per heavy atom. The summed E-state index contributed by atoms with van der Waals surface area (Å²) in [5, 5.41) is 3.62. The number of primary amides is 1. The third-order valence-corrected chi connectivity index (χ3v) is 4.07. The number of halogens is 1. The molecule has 6 heteroatoms. The molecule has 3 N–H and O–H groups in total. The Morgan fingerprint density at radius 1 is 1.50 bits per heavy atom. The van der Waals surface area contributed by atoms with Crippen LogP contribution in [-0.4, -0.2) is 35.4 Å². The molecular formula is C14H21ClN4O. The number of pyridine rings is 1. The summed E-state index contributed by atoms with van der Waals surface area (Å²) in [6.07, 6.45) is 4.63. The van der Waals surface area contributed by atoms with Crippen molar-refractivity contribution in [1.29, 1.82) is 0 Å². The van der Waals surface area contributed by atoms with E-state index in [1.165, 1.54) is 12.8 Å². The Hall–Kier alpha value is -1.33. The van der Waals surface area contributed by atoms with Gasteiger partial charge in [-0.1, -0.05) is 24.4 Å². The largest absolute Gasteiger partial charge is 0.373 e. The molecule has 1 aromatic heterocycles. The summed E-state index contributed by atoms with van der Waals surface area (Å²) in [5.74, 6) is 0.465. The van der Waals surface area contributed by atoms with Crippen molar-refractivity contribution >= 4 is 23.3 Å². The molecule has 1 aliphatic carbocycles. The summed E-state index contributed by atoms with van der Waals surface area (Å²) in [7, 11) is 1.82. The molecule has 1 aliphatic rings. The Balaban J connectivity index is 2.15. The van der Waals surface area contributed by atoms with Gasteiger partial charge in [-0.15, -0.1) is 0 Å². The van der Waals surface area contributed by atoms with Gasteiger partial charge >= 0.3 is 0 Å². The lowest BCUT2D eigenvalue weighted by molar-refractivity contribution is -0.119. The fourth-order valence-corrected chi connectivity index (χ4v) is 2.88. The van der Waals surface area contributed by atoms with Crippen LogP contribution in [0.15, 0.2) is 12.1 Å². The van der Waals surface area contributed by atoms with Crippen molar-refractivity contribution in [1.82, 2.24) is 9.88 Å². The van der Waals surface area contributed by atoms with E-state index in [1.807, 2.05) is 19.2 Å². The van der Waals surface area contributed by atoms with Gasteiger partial charge in [0, 0.05) is 19.6 Å². The molecule has 1 fully saturated rings. The lowest BCUT2D eigenvalue weighted by Crippen LogP contribution is -2.39. The third-order valence-electron chi connectivity index (χ3n) is 3.73. The van der Waals surface area contributed by atoms with Crippen LogP contribution in [0.4, 0.5) is 5.82 Å². The van der Waals surface area contributed by atoms with E-state index in [-0.39, 0.29) is 12.5 Å². The predicted octanol–water partition coefficient (Wildman–Crippen LogP) is 2.01. The van der Waals surface area contributed by atoms with Crippen molar-refractivity contribution in [3.8, 4) is 0 Å². The first-order valence-corrected chi connectivity index (χ1v) is 7.33. The van der Waals surface area contributed by atoms with Crippen LogP contribution >= 0.6 is 11.6 Å². The molecule has 0 spiro atoms. The molecule has 1 saturated carbocycles. The second kappa shape index (κ2) is 6.90. The van der Waals surface area contributed by atoms with Crippen molar-refractivity contribution in [3.05, 3.63) is 22.8 Å². The van der Waals surface area contributed by atoms with Gasteiger partial charge in [0.15, 0.2) is 0 Å². The van der Waals surface area contributed by atoms with Gasteiger partial charge in [0.25, 0.3) is 0 Å². The van der Waals surface area contributed by atoms with E-state index in [0.717, 1.165) is 24.4 Å². The van der Waals surface area contributed by atoms with Gasteiger partial charge < -0.3 is 11.1 Å². The molecule has 0 radical (unpaired) electrons. The smallest absolute Gasteiger partial charge is 0.231 e. The number of rotatable bonds is 6. The van der Waals surface area contributed by atoms with Gasteiger partial charge in [-0.2, -0.15) is 0 Å². The summed E-state index contributed by atoms with van der Waals surface area (Å²) in [6, 6.07) is 4.06. The van der Waals surface area contributed by atoms with Gasteiger partial charge in [0.2, 0.25) is 5.91 Å². The van der Waals surface area contributed by atoms with Crippen LogP contribution in [0.2, 0.25) is 5.02 Å². The number of anilines is 1. The van der Waals surface area contributed by atoms with E-state index in [2.05, 4.69) is 15.2 Å². The Labute approximate surface area is 124 Å². The number of nitrogens with two attached hydrogens (primary N) is 1. The summed E-state index contributed by atoms with van der Waals surface area (Å²) >= 11 is 6.21. The third kappa shape index (κ3) is 3.84. The molecule has 110 valence electrons. The normalized spacial score (nSPS) is 15.8. The second-order valence-electron chi connectivity index (χ2n) is 5.18. The standard InChI is InChI=1S/C14H21ClN4O/c1-17-14-7-6-11(15)12(18-14)8-19(9-13(16)20)10-4-2-3-5-10/h6-7,10H,2-5,8-9H2,1H3,(H2,16,20)(H,17,18).